The Kier molecular flexibility index (Phi) is 5.20. The average Bonchev–Trinajstić information content (AvgIpc) is 2.88. The van der Waals surface area contributed by atoms with Gasteiger partial charge in [-0.1, -0.05) is 0 Å². The number of halogens is 1. The van der Waals surface area contributed by atoms with Crippen LogP contribution in [0.25, 0.3) is 0 Å². The van der Waals surface area contributed by atoms with Crippen molar-refractivity contribution in [2.24, 2.45) is 5.73 Å². The maximum absolute atomic E-state index is 14.2. The molecule has 1 heterocycles. The number of nitrogens with zero attached hydrogens (tertiary/aromatic N) is 1. The summed E-state index contributed by atoms with van der Waals surface area (Å²) < 4.78 is 24.5. The van der Waals surface area contributed by atoms with Gasteiger partial charge in [0.1, 0.15) is 5.82 Å². The molecule has 122 valence electrons. The number of carbonyl (C=O) groups is 1. The van der Waals surface area contributed by atoms with Crippen LogP contribution in [0, 0.1) is 5.82 Å². The Morgan fingerprint density at radius 1 is 1.41 bits per heavy atom. The highest BCUT2D eigenvalue weighted by atomic mass is 19.1. The number of benzene rings is 1. The Balaban J connectivity index is 2.24. The predicted octanol–water partition coefficient (Wildman–Crippen LogP) is 0.490. The monoisotopic (exact) mass is 311 g/mol. The average molecular weight is 311 g/mol. The van der Waals surface area contributed by atoms with Crippen molar-refractivity contribution in [3.8, 4) is 11.5 Å². The summed E-state index contributed by atoms with van der Waals surface area (Å²) >= 11 is 0. The Bertz CT molecular complexity index is 553. The fraction of sp³-hybridized carbons (Fsp3) is 0.533. The van der Waals surface area contributed by atoms with Crippen molar-refractivity contribution >= 4 is 5.91 Å². The topological polar surface area (TPSA) is 76.8 Å². The summed E-state index contributed by atoms with van der Waals surface area (Å²) in [7, 11) is 4.54. The molecule has 6 nitrogen and oxygen atoms in total. The second-order valence-corrected chi connectivity index (χ2v) is 5.35. The number of likely N-dealkylation sites (tertiary alicyclic amines) is 1. The van der Waals surface area contributed by atoms with Crippen LogP contribution < -0.4 is 20.5 Å². The maximum Gasteiger partial charge on any atom is 0.237 e. The summed E-state index contributed by atoms with van der Waals surface area (Å²) in [6, 6.07) is 2.45. The van der Waals surface area contributed by atoms with E-state index in [1.165, 1.54) is 20.3 Å². The molecule has 1 aromatic rings. The van der Waals surface area contributed by atoms with Gasteiger partial charge >= 0.3 is 0 Å². The third-order valence-corrected chi connectivity index (χ3v) is 3.91. The second-order valence-electron chi connectivity index (χ2n) is 5.35. The standard InChI is InChI=1S/C15H22FN3O3/c1-18-15(20)12-5-10(17)8-19(12)7-9-4-13(21-2)14(22-3)6-11(9)16/h4,6,10,12H,5,7-8,17H2,1-3H3,(H,18,20)/t10-,12-/m0/s1. The summed E-state index contributed by atoms with van der Waals surface area (Å²) in [4.78, 5) is 13.8. The fourth-order valence-corrected chi connectivity index (χ4v) is 2.79. The van der Waals surface area contributed by atoms with Gasteiger partial charge in [0.25, 0.3) is 0 Å². The first-order chi connectivity index (χ1) is 10.5. The van der Waals surface area contributed by atoms with Gasteiger partial charge in [-0.2, -0.15) is 0 Å². The molecule has 0 saturated carbocycles. The maximum atomic E-state index is 14.2. The molecule has 1 fully saturated rings. The van der Waals surface area contributed by atoms with E-state index in [1.54, 1.807) is 13.1 Å². The summed E-state index contributed by atoms with van der Waals surface area (Å²) in [5.41, 5.74) is 6.39. The van der Waals surface area contributed by atoms with Gasteiger partial charge in [0, 0.05) is 37.8 Å². The van der Waals surface area contributed by atoms with E-state index in [0.29, 0.717) is 30.0 Å². The van der Waals surface area contributed by atoms with Gasteiger partial charge in [0.05, 0.1) is 20.3 Å². The van der Waals surface area contributed by atoms with Gasteiger partial charge in [0.15, 0.2) is 11.5 Å². The van der Waals surface area contributed by atoms with E-state index in [4.69, 9.17) is 15.2 Å². The Morgan fingerprint density at radius 3 is 2.64 bits per heavy atom. The number of hydrogen-bond donors (Lipinski definition) is 2. The van der Waals surface area contributed by atoms with Crippen molar-refractivity contribution in [1.29, 1.82) is 0 Å². The zero-order valence-corrected chi connectivity index (χ0v) is 13.1. The molecule has 0 bridgehead atoms. The molecule has 22 heavy (non-hydrogen) atoms. The van der Waals surface area contributed by atoms with Crippen molar-refractivity contribution in [1.82, 2.24) is 10.2 Å². The van der Waals surface area contributed by atoms with Gasteiger partial charge in [0.2, 0.25) is 5.91 Å². The van der Waals surface area contributed by atoms with Crippen LogP contribution in [-0.4, -0.2) is 50.7 Å². The SMILES string of the molecule is CNC(=O)[C@@H]1C[C@H](N)CN1Cc1cc(OC)c(OC)cc1F. The molecular weight excluding hydrogens is 289 g/mol. The first-order valence-electron chi connectivity index (χ1n) is 7.11. The zero-order valence-electron chi connectivity index (χ0n) is 13.1. The van der Waals surface area contributed by atoms with Crippen molar-refractivity contribution in [2.75, 3.05) is 27.8 Å². The number of nitrogens with one attached hydrogen (secondary N) is 1. The van der Waals surface area contributed by atoms with E-state index in [2.05, 4.69) is 5.32 Å². The molecule has 1 saturated heterocycles. The first-order valence-corrected chi connectivity index (χ1v) is 7.11. The van der Waals surface area contributed by atoms with E-state index in [9.17, 15) is 9.18 Å². The number of amides is 1. The summed E-state index contributed by atoms with van der Waals surface area (Å²) in [5.74, 6) is 0.297. The third-order valence-electron chi connectivity index (χ3n) is 3.91. The van der Waals surface area contributed by atoms with Crippen LogP contribution in [0.15, 0.2) is 12.1 Å². The molecule has 0 unspecified atom stereocenters. The van der Waals surface area contributed by atoms with Gasteiger partial charge in [-0.05, 0) is 12.5 Å². The Labute approximate surface area is 129 Å². The van der Waals surface area contributed by atoms with Crippen molar-refractivity contribution in [3.63, 3.8) is 0 Å². The van der Waals surface area contributed by atoms with E-state index in [0.717, 1.165) is 0 Å². The van der Waals surface area contributed by atoms with Crippen LogP contribution >= 0.6 is 0 Å². The lowest BCUT2D eigenvalue weighted by atomic mass is 10.1. The quantitative estimate of drug-likeness (QED) is 0.828. The molecular formula is C15H22FN3O3. The number of likely N-dealkylation sites (N-methyl/N-ethyl adjacent to an activating group) is 1. The van der Waals surface area contributed by atoms with Crippen LogP contribution in [0.3, 0.4) is 0 Å². The Morgan fingerprint density at radius 2 is 2.05 bits per heavy atom. The number of ether oxygens (including phenoxy) is 2. The van der Waals surface area contributed by atoms with Crippen LogP contribution in [0.5, 0.6) is 11.5 Å². The number of carbonyl (C=O) groups excluding carboxylic acids is 1. The minimum absolute atomic E-state index is 0.0921. The van der Waals surface area contributed by atoms with Crippen molar-refractivity contribution in [3.05, 3.63) is 23.5 Å². The van der Waals surface area contributed by atoms with Crippen molar-refractivity contribution in [2.45, 2.75) is 25.0 Å². The Hall–Kier alpha value is -1.86. The molecule has 1 aliphatic heterocycles. The molecule has 0 spiro atoms. The number of methoxy groups -OCH3 is 2. The van der Waals surface area contributed by atoms with Gasteiger partial charge < -0.3 is 20.5 Å². The van der Waals surface area contributed by atoms with Gasteiger partial charge in [-0.25, -0.2) is 4.39 Å². The van der Waals surface area contributed by atoms with Gasteiger partial charge in [-0.15, -0.1) is 0 Å². The van der Waals surface area contributed by atoms with Gasteiger partial charge in [-0.3, -0.25) is 9.69 Å². The fourth-order valence-electron chi connectivity index (χ4n) is 2.79. The first kappa shape index (κ1) is 16.5. The smallest absolute Gasteiger partial charge is 0.237 e. The molecule has 1 aromatic carbocycles. The highest BCUT2D eigenvalue weighted by molar-refractivity contribution is 5.81. The molecule has 2 atom stereocenters. The molecule has 0 aromatic heterocycles. The molecule has 1 amide bonds. The lowest BCUT2D eigenvalue weighted by Gasteiger charge is -2.23. The molecule has 3 N–H and O–H groups in total. The largest absolute Gasteiger partial charge is 0.493 e. The minimum atomic E-state index is -0.395. The third kappa shape index (κ3) is 3.31. The van der Waals surface area contributed by atoms with Crippen LogP contribution in [0.4, 0.5) is 4.39 Å². The molecule has 0 aliphatic carbocycles. The summed E-state index contributed by atoms with van der Waals surface area (Å²) in [6.07, 6.45) is 0.564. The zero-order chi connectivity index (χ0) is 16.3. The van der Waals surface area contributed by atoms with E-state index < -0.39 is 5.82 Å². The lowest BCUT2D eigenvalue weighted by molar-refractivity contribution is -0.125. The molecule has 0 radical (unpaired) electrons. The highest BCUT2D eigenvalue weighted by Crippen LogP contribution is 2.31. The van der Waals surface area contributed by atoms with Crippen LogP contribution in [0.1, 0.15) is 12.0 Å². The number of rotatable bonds is 5. The highest BCUT2D eigenvalue weighted by Gasteiger charge is 2.35. The van der Waals surface area contributed by atoms with Crippen LogP contribution in [0.2, 0.25) is 0 Å². The van der Waals surface area contributed by atoms with E-state index in [-0.39, 0.29) is 24.5 Å². The van der Waals surface area contributed by atoms with Crippen molar-refractivity contribution < 1.29 is 18.7 Å². The summed E-state index contributed by atoms with van der Waals surface area (Å²) in [5, 5.41) is 2.62. The van der Waals surface area contributed by atoms with E-state index >= 15 is 0 Å². The summed E-state index contributed by atoms with van der Waals surface area (Å²) in [6.45, 7) is 0.837. The minimum Gasteiger partial charge on any atom is -0.493 e. The predicted molar refractivity (Wildman–Crippen MR) is 80.4 cm³/mol. The number of nitrogens with two attached hydrogens (primary N) is 1. The van der Waals surface area contributed by atoms with E-state index in [1.807, 2.05) is 4.90 Å². The molecule has 7 heteroatoms. The molecule has 1 aliphatic rings. The number of hydrogen-bond acceptors (Lipinski definition) is 5. The van der Waals surface area contributed by atoms with Crippen LogP contribution in [-0.2, 0) is 11.3 Å². The lowest BCUT2D eigenvalue weighted by Crippen LogP contribution is -2.41. The molecule has 2 rings (SSSR count). The normalized spacial score (nSPS) is 21.7. The second kappa shape index (κ2) is 6.93.